The molecule has 0 aliphatic rings. The Balaban J connectivity index is 2.21. The number of rotatable bonds is 5. The summed E-state index contributed by atoms with van der Waals surface area (Å²) in [5, 5.41) is 0. The molecule has 2 aromatic heterocycles. The first-order valence-corrected chi connectivity index (χ1v) is 10.4. The summed E-state index contributed by atoms with van der Waals surface area (Å²) < 4.78 is 119. The van der Waals surface area contributed by atoms with Crippen LogP contribution >= 0.6 is 0 Å². The minimum atomic E-state index is -5.82. The molecule has 3 rings (SSSR count). The third-order valence-corrected chi connectivity index (χ3v) is 6.21. The van der Waals surface area contributed by atoms with Gasteiger partial charge >= 0.3 is 18.3 Å². The molecule has 4 nitrogen and oxygen atoms in total. The summed E-state index contributed by atoms with van der Waals surface area (Å²) >= 11 is 0. The molecule has 1 unspecified atom stereocenters. The molecule has 3 aromatic rings. The lowest BCUT2D eigenvalue weighted by molar-refractivity contribution is -0.289. The number of halogens is 8. The van der Waals surface area contributed by atoms with Crippen molar-refractivity contribution in [3.8, 4) is 11.5 Å². The van der Waals surface area contributed by atoms with Crippen molar-refractivity contribution in [1.82, 2.24) is 14.5 Å². The summed E-state index contributed by atoms with van der Waals surface area (Å²) in [5.74, 6) is -5.22. The zero-order valence-electron chi connectivity index (χ0n) is 16.5. The SMILES string of the molecule is CCCS(=O)c1cc(C(F)(F)F)cnc1-c1nc2cc(C(F)(F)C(F)(F)F)ccc2n1C. The van der Waals surface area contributed by atoms with Crippen LogP contribution in [0.5, 0.6) is 0 Å². The van der Waals surface area contributed by atoms with Crippen molar-refractivity contribution in [2.45, 2.75) is 36.5 Å². The summed E-state index contributed by atoms with van der Waals surface area (Å²) in [6, 6.07) is 2.82. The fraction of sp³-hybridized carbons (Fsp3) is 0.368. The average molecular weight is 485 g/mol. The van der Waals surface area contributed by atoms with Gasteiger partial charge in [0.2, 0.25) is 0 Å². The first-order chi connectivity index (χ1) is 14.7. The van der Waals surface area contributed by atoms with Crippen molar-refractivity contribution in [2.24, 2.45) is 7.05 Å². The number of hydrogen-bond donors (Lipinski definition) is 0. The number of aromatic nitrogens is 3. The van der Waals surface area contributed by atoms with Gasteiger partial charge in [-0.2, -0.15) is 35.1 Å². The maximum atomic E-state index is 13.7. The summed E-state index contributed by atoms with van der Waals surface area (Å²) in [5.41, 5.74) is -2.77. The van der Waals surface area contributed by atoms with Crippen molar-refractivity contribution >= 4 is 21.8 Å². The van der Waals surface area contributed by atoms with E-state index < -0.39 is 40.2 Å². The van der Waals surface area contributed by atoms with E-state index in [1.54, 1.807) is 6.92 Å². The van der Waals surface area contributed by atoms with Gasteiger partial charge in [0.15, 0.2) is 5.82 Å². The predicted octanol–water partition coefficient (Wildman–Crippen LogP) is 5.83. The van der Waals surface area contributed by atoms with Crippen LogP contribution in [0.15, 0.2) is 35.4 Å². The Kier molecular flexibility index (Phi) is 6.09. The molecule has 1 atom stereocenters. The Hall–Kier alpha value is -2.57. The van der Waals surface area contributed by atoms with Gasteiger partial charge in [0.05, 0.1) is 32.3 Å². The molecule has 0 fully saturated rings. The Labute approximate surface area is 178 Å². The van der Waals surface area contributed by atoms with Gasteiger partial charge in [-0.05, 0) is 24.6 Å². The highest BCUT2D eigenvalue weighted by Crippen LogP contribution is 2.44. The largest absolute Gasteiger partial charge is 0.458 e. The second-order valence-electron chi connectivity index (χ2n) is 6.89. The minimum Gasteiger partial charge on any atom is -0.326 e. The third-order valence-electron chi connectivity index (χ3n) is 4.63. The van der Waals surface area contributed by atoms with Crippen LogP contribution in [0, 0.1) is 0 Å². The van der Waals surface area contributed by atoms with E-state index >= 15 is 0 Å². The molecule has 0 saturated carbocycles. The molecule has 32 heavy (non-hydrogen) atoms. The van der Waals surface area contributed by atoms with Crippen LogP contribution in [0.1, 0.15) is 24.5 Å². The lowest BCUT2D eigenvalue weighted by Crippen LogP contribution is -2.33. The molecule has 0 radical (unpaired) electrons. The van der Waals surface area contributed by atoms with Crippen molar-refractivity contribution < 1.29 is 39.3 Å². The van der Waals surface area contributed by atoms with Gasteiger partial charge < -0.3 is 4.57 Å². The molecular formula is C19H15F8N3OS. The highest BCUT2D eigenvalue weighted by atomic mass is 32.2. The van der Waals surface area contributed by atoms with E-state index in [1.807, 2.05) is 0 Å². The van der Waals surface area contributed by atoms with E-state index in [1.165, 1.54) is 11.6 Å². The number of imidazole rings is 1. The van der Waals surface area contributed by atoms with Crippen LogP contribution in [-0.2, 0) is 29.9 Å². The number of hydrogen-bond acceptors (Lipinski definition) is 3. The zero-order valence-corrected chi connectivity index (χ0v) is 17.3. The minimum absolute atomic E-state index is 0.0296. The van der Waals surface area contributed by atoms with Crippen LogP contribution < -0.4 is 0 Å². The third kappa shape index (κ3) is 4.21. The second kappa shape index (κ2) is 8.09. The van der Waals surface area contributed by atoms with Crippen LogP contribution in [-0.4, -0.2) is 30.7 Å². The van der Waals surface area contributed by atoms with Crippen LogP contribution in [0.25, 0.3) is 22.6 Å². The number of aryl methyl sites for hydroxylation is 1. The average Bonchev–Trinajstić information content (AvgIpc) is 3.02. The van der Waals surface area contributed by atoms with Gasteiger partial charge in [-0.3, -0.25) is 9.19 Å². The molecule has 0 bridgehead atoms. The molecule has 0 saturated heterocycles. The van der Waals surface area contributed by atoms with Crippen molar-refractivity contribution in [3.05, 3.63) is 41.6 Å². The normalized spacial score (nSPS) is 14.2. The molecule has 0 aliphatic heterocycles. The molecule has 174 valence electrons. The van der Waals surface area contributed by atoms with E-state index in [0.29, 0.717) is 30.8 Å². The van der Waals surface area contributed by atoms with E-state index in [0.717, 1.165) is 6.07 Å². The second-order valence-corrected chi connectivity index (χ2v) is 8.43. The fourth-order valence-electron chi connectivity index (χ4n) is 3.01. The van der Waals surface area contributed by atoms with E-state index in [4.69, 9.17) is 0 Å². The molecule has 0 aliphatic carbocycles. The van der Waals surface area contributed by atoms with Crippen molar-refractivity contribution in [2.75, 3.05) is 5.75 Å². The monoisotopic (exact) mass is 485 g/mol. The molecule has 1 aromatic carbocycles. The smallest absolute Gasteiger partial charge is 0.326 e. The van der Waals surface area contributed by atoms with Crippen LogP contribution in [0.3, 0.4) is 0 Å². The van der Waals surface area contributed by atoms with Crippen molar-refractivity contribution in [1.29, 1.82) is 0 Å². The molecule has 13 heteroatoms. The van der Waals surface area contributed by atoms with Gasteiger partial charge in [0, 0.05) is 24.6 Å². The molecule has 0 N–H and O–H groups in total. The van der Waals surface area contributed by atoms with Gasteiger partial charge in [-0.1, -0.05) is 13.0 Å². The van der Waals surface area contributed by atoms with Crippen LogP contribution in [0.4, 0.5) is 35.1 Å². The summed E-state index contributed by atoms with van der Waals surface area (Å²) in [6.45, 7) is 1.68. The highest BCUT2D eigenvalue weighted by Gasteiger charge is 2.58. The van der Waals surface area contributed by atoms with Crippen molar-refractivity contribution in [3.63, 3.8) is 0 Å². The predicted molar refractivity (Wildman–Crippen MR) is 100 cm³/mol. The standard InChI is InChI=1S/C19H15F8N3OS/c1-3-6-32(31)14-8-11(18(22,23)24)9-28-15(14)16-29-12-7-10(4-5-13(12)30(16)2)17(20,21)19(25,26)27/h4-5,7-9H,3,6H2,1-2H3. The highest BCUT2D eigenvalue weighted by molar-refractivity contribution is 7.85. The number of fused-ring (bicyclic) bond motifs is 1. The molecule has 0 amide bonds. The van der Waals surface area contributed by atoms with Gasteiger partial charge in [-0.25, -0.2) is 4.98 Å². The quantitative estimate of drug-likeness (QED) is 0.428. The van der Waals surface area contributed by atoms with Gasteiger partial charge in [0.25, 0.3) is 0 Å². The Morgan fingerprint density at radius 3 is 2.22 bits per heavy atom. The molecule has 0 spiro atoms. The summed E-state index contributed by atoms with van der Waals surface area (Å²) in [4.78, 5) is 7.52. The molecule has 2 heterocycles. The first-order valence-electron chi connectivity index (χ1n) is 9.06. The number of nitrogens with zero attached hydrogens (tertiary/aromatic N) is 3. The maximum absolute atomic E-state index is 13.7. The molecular weight excluding hydrogens is 470 g/mol. The maximum Gasteiger partial charge on any atom is 0.458 e. The van der Waals surface area contributed by atoms with E-state index in [9.17, 15) is 39.3 Å². The topological polar surface area (TPSA) is 47.8 Å². The zero-order chi connectivity index (χ0) is 24.1. The summed E-state index contributed by atoms with van der Waals surface area (Å²) in [6.07, 6.45) is -9.66. The Bertz CT molecular complexity index is 1180. The number of alkyl halides is 8. The first kappa shape index (κ1) is 24.1. The van der Waals surface area contributed by atoms with E-state index in [2.05, 4.69) is 9.97 Å². The fourth-order valence-corrected chi connectivity index (χ4v) is 4.22. The summed E-state index contributed by atoms with van der Waals surface area (Å²) in [7, 11) is -0.498. The lowest BCUT2D eigenvalue weighted by atomic mass is 10.1. The lowest BCUT2D eigenvalue weighted by Gasteiger charge is -2.19. The van der Waals surface area contributed by atoms with Crippen LogP contribution in [0.2, 0.25) is 0 Å². The van der Waals surface area contributed by atoms with E-state index in [-0.39, 0.29) is 33.2 Å². The Morgan fingerprint density at radius 2 is 1.66 bits per heavy atom. The number of benzene rings is 1. The number of pyridine rings is 1. The van der Waals surface area contributed by atoms with Gasteiger partial charge in [0.1, 0.15) is 5.69 Å². The van der Waals surface area contributed by atoms with Gasteiger partial charge in [-0.15, -0.1) is 0 Å². The Morgan fingerprint density at radius 1 is 1.00 bits per heavy atom.